The molecule has 1 aliphatic heterocycles. The molecule has 0 bridgehead atoms. The second kappa shape index (κ2) is 1.45. The molecule has 1 saturated carbocycles. The van der Waals surface area contributed by atoms with Crippen molar-refractivity contribution < 1.29 is 0 Å². The topological polar surface area (TPSA) is 29.3 Å². The molecule has 46 valence electrons. The molecule has 1 aliphatic carbocycles. The van der Waals surface area contributed by atoms with Crippen LogP contribution >= 0.6 is 0 Å². The van der Waals surface area contributed by atoms with Crippen LogP contribution in [0.1, 0.15) is 12.8 Å². The van der Waals surface area contributed by atoms with Crippen LogP contribution in [0, 0.1) is 0 Å². The van der Waals surface area contributed by atoms with E-state index in [0.717, 1.165) is 19.1 Å². The first-order valence-corrected chi connectivity index (χ1v) is 3.36. The van der Waals surface area contributed by atoms with Gasteiger partial charge in [0, 0.05) is 25.2 Å². The van der Waals surface area contributed by atoms with Gasteiger partial charge in [-0.15, -0.1) is 0 Å². The van der Waals surface area contributed by atoms with E-state index in [4.69, 9.17) is 5.73 Å². The highest BCUT2D eigenvalue weighted by Crippen LogP contribution is 2.29. The summed E-state index contributed by atoms with van der Waals surface area (Å²) >= 11 is 0. The van der Waals surface area contributed by atoms with Crippen LogP contribution in [0.3, 0.4) is 0 Å². The van der Waals surface area contributed by atoms with Gasteiger partial charge in [0.05, 0.1) is 0 Å². The molecule has 2 N–H and O–H groups in total. The SMILES string of the molecule is NC1CN(C2CC2)C1. The smallest absolute Gasteiger partial charge is 0.0297 e. The predicted octanol–water partition coefficient (Wildman–Crippen LogP) is -0.208. The monoisotopic (exact) mass is 112 g/mol. The summed E-state index contributed by atoms with van der Waals surface area (Å²) in [6, 6.07) is 1.44. The van der Waals surface area contributed by atoms with Gasteiger partial charge >= 0.3 is 0 Å². The lowest BCUT2D eigenvalue weighted by molar-refractivity contribution is 0.141. The summed E-state index contributed by atoms with van der Waals surface area (Å²) in [5, 5.41) is 0. The molecule has 1 heterocycles. The number of likely N-dealkylation sites (tertiary alicyclic amines) is 1. The molecule has 0 unspecified atom stereocenters. The van der Waals surface area contributed by atoms with Gasteiger partial charge in [0.2, 0.25) is 0 Å². The van der Waals surface area contributed by atoms with E-state index in [1.807, 2.05) is 0 Å². The molecular formula is C6H12N2. The Morgan fingerprint density at radius 3 is 2.25 bits per heavy atom. The molecular weight excluding hydrogens is 100 g/mol. The van der Waals surface area contributed by atoms with Crippen molar-refractivity contribution in [1.82, 2.24) is 4.90 Å². The van der Waals surface area contributed by atoms with Gasteiger partial charge in [0.15, 0.2) is 0 Å². The highest BCUT2D eigenvalue weighted by atomic mass is 15.3. The minimum absolute atomic E-state index is 0.496. The van der Waals surface area contributed by atoms with Crippen LogP contribution in [-0.2, 0) is 0 Å². The van der Waals surface area contributed by atoms with Gasteiger partial charge in [-0.3, -0.25) is 4.90 Å². The average Bonchev–Trinajstić information content (AvgIpc) is 2.37. The van der Waals surface area contributed by atoms with Gasteiger partial charge in [0.1, 0.15) is 0 Å². The molecule has 2 heteroatoms. The highest BCUT2D eigenvalue weighted by Gasteiger charge is 2.35. The summed E-state index contributed by atoms with van der Waals surface area (Å²) in [4.78, 5) is 2.48. The van der Waals surface area contributed by atoms with Crippen LogP contribution in [0.15, 0.2) is 0 Å². The van der Waals surface area contributed by atoms with E-state index in [1.54, 1.807) is 0 Å². The van der Waals surface area contributed by atoms with Crippen molar-refractivity contribution in [1.29, 1.82) is 0 Å². The summed E-state index contributed by atoms with van der Waals surface area (Å²) in [5.41, 5.74) is 5.59. The number of rotatable bonds is 1. The molecule has 0 aromatic heterocycles. The van der Waals surface area contributed by atoms with Gasteiger partial charge in [0.25, 0.3) is 0 Å². The number of nitrogens with two attached hydrogens (primary N) is 1. The van der Waals surface area contributed by atoms with Gasteiger partial charge in [-0.25, -0.2) is 0 Å². The van der Waals surface area contributed by atoms with Crippen molar-refractivity contribution in [3.8, 4) is 0 Å². The second-order valence-electron chi connectivity index (χ2n) is 2.95. The first-order chi connectivity index (χ1) is 3.86. The zero-order valence-electron chi connectivity index (χ0n) is 5.01. The molecule has 2 aliphatic rings. The Labute approximate surface area is 49.7 Å². The lowest BCUT2D eigenvalue weighted by Crippen LogP contribution is -2.56. The Kier molecular flexibility index (Phi) is 0.866. The van der Waals surface area contributed by atoms with Crippen LogP contribution in [0.25, 0.3) is 0 Å². The Morgan fingerprint density at radius 2 is 1.88 bits per heavy atom. The Morgan fingerprint density at radius 1 is 1.25 bits per heavy atom. The van der Waals surface area contributed by atoms with E-state index < -0.39 is 0 Å². The van der Waals surface area contributed by atoms with E-state index >= 15 is 0 Å². The van der Waals surface area contributed by atoms with Gasteiger partial charge in [-0.2, -0.15) is 0 Å². The largest absolute Gasteiger partial charge is 0.325 e. The van der Waals surface area contributed by atoms with Crippen molar-refractivity contribution in [3.63, 3.8) is 0 Å². The van der Waals surface area contributed by atoms with Crippen LogP contribution in [0.5, 0.6) is 0 Å². The number of hydrogen-bond donors (Lipinski definition) is 1. The average molecular weight is 112 g/mol. The highest BCUT2D eigenvalue weighted by molar-refractivity contribution is 4.94. The third-order valence-electron chi connectivity index (χ3n) is 2.00. The third-order valence-corrected chi connectivity index (χ3v) is 2.00. The first kappa shape index (κ1) is 4.77. The molecule has 2 nitrogen and oxygen atoms in total. The summed E-state index contributed by atoms with van der Waals surface area (Å²) in [7, 11) is 0. The predicted molar refractivity (Wildman–Crippen MR) is 32.6 cm³/mol. The molecule has 0 atom stereocenters. The minimum Gasteiger partial charge on any atom is -0.325 e. The van der Waals surface area contributed by atoms with Crippen LogP contribution in [0.4, 0.5) is 0 Å². The standard InChI is InChI=1S/C6H12N2/c7-5-3-8(4-5)6-1-2-6/h5-6H,1-4,7H2. The Bertz CT molecular complexity index is 92.7. The number of nitrogens with zero attached hydrogens (tertiary/aromatic N) is 1. The molecule has 0 spiro atoms. The van der Waals surface area contributed by atoms with E-state index in [2.05, 4.69) is 4.90 Å². The lowest BCUT2D eigenvalue weighted by atomic mass is 10.1. The molecule has 0 radical (unpaired) electrons. The maximum absolute atomic E-state index is 5.59. The quantitative estimate of drug-likeness (QED) is 0.508. The summed E-state index contributed by atoms with van der Waals surface area (Å²) in [5.74, 6) is 0. The van der Waals surface area contributed by atoms with E-state index in [9.17, 15) is 0 Å². The first-order valence-electron chi connectivity index (χ1n) is 3.36. The van der Waals surface area contributed by atoms with E-state index in [0.29, 0.717) is 6.04 Å². The zero-order chi connectivity index (χ0) is 5.56. The van der Waals surface area contributed by atoms with E-state index in [-0.39, 0.29) is 0 Å². The second-order valence-corrected chi connectivity index (χ2v) is 2.95. The summed E-state index contributed by atoms with van der Waals surface area (Å²) < 4.78 is 0. The van der Waals surface area contributed by atoms with Crippen LogP contribution < -0.4 is 5.73 Å². The van der Waals surface area contributed by atoms with Crippen molar-refractivity contribution in [2.75, 3.05) is 13.1 Å². The van der Waals surface area contributed by atoms with Gasteiger partial charge < -0.3 is 5.73 Å². The fourth-order valence-corrected chi connectivity index (χ4v) is 1.29. The third kappa shape index (κ3) is 0.644. The van der Waals surface area contributed by atoms with Crippen molar-refractivity contribution in [2.24, 2.45) is 5.73 Å². The lowest BCUT2D eigenvalue weighted by Gasteiger charge is -2.36. The van der Waals surface area contributed by atoms with Crippen LogP contribution in [0.2, 0.25) is 0 Å². The van der Waals surface area contributed by atoms with Crippen LogP contribution in [-0.4, -0.2) is 30.1 Å². The minimum atomic E-state index is 0.496. The molecule has 0 amide bonds. The fourth-order valence-electron chi connectivity index (χ4n) is 1.29. The Balaban J connectivity index is 1.78. The number of hydrogen-bond acceptors (Lipinski definition) is 2. The Hall–Kier alpha value is -0.0800. The van der Waals surface area contributed by atoms with Crippen molar-refractivity contribution in [2.45, 2.75) is 24.9 Å². The maximum Gasteiger partial charge on any atom is 0.0297 e. The van der Waals surface area contributed by atoms with Crippen molar-refractivity contribution in [3.05, 3.63) is 0 Å². The maximum atomic E-state index is 5.59. The van der Waals surface area contributed by atoms with Gasteiger partial charge in [-0.05, 0) is 12.8 Å². The van der Waals surface area contributed by atoms with Gasteiger partial charge in [-0.1, -0.05) is 0 Å². The fraction of sp³-hybridized carbons (Fsp3) is 1.00. The molecule has 8 heavy (non-hydrogen) atoms. The normalized spacial score (nSPS) is 32.6. The molecule has 0 aromatic rings. The molecule has 2 fully saturated rings. The molecule has 2 rings (SSSR count). The molecule has 0 aromatic carbocycles. The summed E-state index contributed by atoms with van der Waals surface area (Å²) in [6.07, 6.45) is 2.85. The zero-order valence-corrected chi connectivity index (χ0v) is 5.01. The summed E-state index contributed by atoms with van der Waals surface area (Å²) in [6.45, 7) is 2.31. The van der Waals surface area contributed by atoms with E-state index in [1.165, 1.54) is 12.8 Å². The van der Waals surface area contributed by atoms with Crippen molar-refractivity contribution >= 4 is 0 Å². The molecule has 1 saturated heterocycles.